The normalized spacial score (nSPS) is 11.7. The molecule has 0 saturated carbocycles. The summed E-state index contributed by atoms with van der Waals surface area (Å²) in [6.45, 7) is 18.8. The first-order valence-electron chi connectivity index (χ1n) is 48.4. The minimum atomic E-state index is -2.03. The molecule has 13 heteroatoms. The molecule has 0 atom stereocenters. The molecule has 8 nitrogen and oxygen atoms in total. The predicted octanol–water partition coefficient (Wildman–Crippen LogP) is 34.0. The Kier molecular flexibility index (Phi) is 37.7. The summed E-state index contributed by atoms with van der Waals surface area (Å²) in [6, 6.07) is 160. The number of aryl methyl sites for hydroxylation is 6. The largest absolute Gasteiger partial charge is 0.574 e. The average molecular weight is 2290 g/mol. The minimum absolute atomic E-state index is 0. The maximum absolute atomic E-state index is 13.1. The maximum atomic E-state index is 13.1. The van der Waals surface area contributed by atoms with E-state index in [1.54, 1.807) is 30.6 Å². The van der Waals surface area contributed by atoms with Gasteiger partial charge in [-0.1, -0.05) is 454 Å². The van der Waals surface area contributed by atoms with Crippen molar-refractivity contribution in [2.45, 2.75) is 61.6 Å². The van der Waals surface area contributed by atoms with E-state index in [0.717, 1.165) is 46.0 Å². The first-order valence-corrected chi connectivity index (χ1v) is 51.4. The topological polar surface area (TPSA) is 108 Å². The summed E-state index contributed by atoms with van der Waals surface area (Å²) in [5.74, 6) is -1.46. The summed E-state index contributed by atoms with van der Waals surface area (Å²) in [4.78, 5) is 20.0. The van der Waals surface area contributed by atoms with E-state index in [1.165, 1.54) is 178 Å². The molecule has 4 aromatic heterocycles. The Balaban J connectivity index is 0.000000140. The van der Waals surface area contributed by atoms with E-state index < -0.39 is 19.7 Å². The average Bonchev–Trinajstić information content (AvgIpc) is 1.56. The Labute approximate surface area is 889 Å². The molecular weight excluding hydrogens is 2180 g/mol. The van der Waals surface area contributed by atoms with Gasteiger partial charge in [0.25, 0.3) is 0 Å². The van der Waals surface area contributed by atoms with E-state index in [9.17, 15) is 13.6 Å². The number of benzene rings is 17. The molecule has 1 aliphatic heterocycles. The number of fused-ring (bicyclic) bond motifs is 3. The van der Waals surface area contributed by atoms with Gasteiger partial charge in [0.2, 0.25) is 0 Å². The molecule has 0 spiro atoms. The summed E-state index contributed by atoms with van der Waals surface area (Å²) < 4.78 is 26.9. The van der Waals surface area contributed by atoms with Crippen molar-refractivity contribution in [2.24, 2.45) is 0 Å². The second kappa shape index (κ2) is 52.2. The number of ketones is 1. The third-order valence-corrected chi connectivity index (χ3v) is 28.4. The number of aliphatic hydroxyl groups is 1. The van der Waals surface area contributed by atoms with Crippen LogP contribution in [0.4, 0.5) is 8.78 Å². The van der Waals surface area contributed by atoms with Gasteiger partial charge in [-0.05, 0) is 221 Å². The van der Waals surface area contributed by atoms with E-state index in [1.807, 2.05) is 99.8 Å². The molecule has 1 aliphatic rings. The van der Waals surface area contributed by atoms with Crippen LogP contribution in [-0.4, -0.2) is 43.8 Å². The molecule has 0 unspecified atom stereocenters. The van der Waals surface area contributed by atoms with Crippen molar-refractivity contribution < 1.29 is 58.9 Å². The van der Waals surface area contributed by atoms with Crippen LogP contribution in [0.2, 0.25) is 13.1 Å². The first kappa shape index (κ1) is 106. The van der Waals surface area contributed by atoms with Crippen molar-refractivity contribution in [3.05, 3.63) is 615 Å². The zero-order valence-corrected chi connectivity index (χ0v) is 89.2. The van der Waals surface area contributed by atoms with E-state index in [-0.39, 0.29) is 57.4 Å². The minimum Gasteiger partial charge on any atom is -0.574 e. The van der Waals surface area contributed by atoms with Crippen LogP contribution in [0.15, 0.2) is 486 Å². The van der Waals surface area contributed by atoms with Crippen LogP contribution in [0.1, 0.15) is 118 Å². The van der Waals surface area contributed by atoms with Crippen LogP contribution in [0.25, 0.3) is 118 Å². The van der Waals surface area contributed by atoms with Gasteiger partial charge in [-0.3, -0.25) is 23.2 Å². The van der Waals surface area contributed by atoms with Gasteiger partial charge in [-0.25, -0.2) is 0 Å². The number of allylic oxidation sites excluding steroid dienone is 4. The molecule has 0 fully saturated rings. The van der Waals surface area contributed by atoms with Crippen molar-refractivity contribution in [2.75, 3.05) is 0 Å². The maximum Gasteiger partial charge on any atom is 0.189 e. The Hall–Kier alpha value is -16.5. The number of hydrogen-bond acceptors (Lipinski definition) is 6. The molecule has 1 N–H and O–H groups in total. The second-order valence-corrected chi connectivity index (χ2v) is 40.2. The number of rotatable bonds is 17. The standard InChI is InChI=1S/C31H28Si.C31H24.C27H22.C15H10N.C11H12O2.C10H10N3.C9H5F2N2.2Ir/c1-23-19-21-27(22-20-23)31-29(25-15-9-5-10-16-25)28(24-13-7-4-8-14-24)30(32(31,2)3)26-17-11-6-12-18-26;1-23-15-17-25(18-16-23)20-22-31-28-13-7-5-11-26(28)30(27-12-6-8-14-29(27)31)21-19-24-9-3-2-4-10-24;1-21-17-19-25(20-18-21)27(24-15-9-4-10-16-24)26(22-11-5-2-6-12-22)23-13-7-3-8-14-23;1-2-7-13(8-3-1)15-14-9-5-4-6-12(14)10-11-16-15;1-8-3-5-10(6-4-8)11(13)7-9(2)12;1-7-3-4-11-9(5-7)10-6-8(2)12-13-10;10-7-2-3-9(8(11)6-7)13-5-1-4-12-13;;/h4-22H,1-3H3;2-22H,1H3;2-20H,1H3;1-7,9-11H;3-7,12H,1-2H3;3-6H,1-2H3;1-2,4-6H;;/q;;;-1;;2*-1;;/b;21-19+,22-20+;;;;;;;. The molecule has 147 heavy (non-hydrogen) atoms. The molecule has 0 saturated heterocycles. The smallest absolute Gasteiger partial charge is 0.189 e. The first-order chi connectivity index (χ1) is 70.8. The molecule has 728 valence electrons. The molecule has 0 aliphatic carbocycles. The number of hydrogen-bond donors (Lipinski definition) is 1. The number of carbonyl (C=O) groups is 1. The number of aliphatic hydroxyl groups excluding tert-OH is 1. The molecule has 5 heterocycles. The van der Waals surface area contributed by atoms with Crippen LogP contribution >= 0.6 is 0 Å². The number of carbonyl (C=O) groups excluding carboxylic acids is 1. The Bertz CT molecular complexity index is 8000. The second-order valence-electron chi connectivity index (χ2n) is 35.9. The summed E-state index contributed by atoms with van der Waals surface area (Å²) in [6.07, 6.45) is 16.9. The van der Waals surface area contributed by atoms with E-state index in [2.05, 4.69) is 441 Å². The fourth-order valence-corrected chi connectivity index (χ4v) is 21.6. The fourth-order valence-electron chi connectivity index (χ4n) is 17.8. The number of nitrogens with zero attached hydrogens (tertiary/aromatic N) is 6. The molecule has 21 aromatic rings. The predicted molar refractivity (Wildman–Crippen MR) is 605 cm³/mol. The molecule has 0 amide bonds. The van der Waals surface area contributed by atoms with Crippen molar-refractivity contribution in [1.29, 1.82) is 0 Å². The van der Waals surface area contributed by atoms with Gasteiger partial charge in [-0.15, -0.1) is 48.0 Å². The van der Waals surface area contributed by atoms with Gasteiger partial charge in [-0.2, -0.15) is 11.2 Å². The zero-order chi connectivity index (χ0) is 101. The van der Waals surface area contributed by atoms with Crippen molar-refractivity contribution in [1.82, 2.24) is 29.9 Å². The van der Waals surface area contributed by atoms with Crippen LogP contribution in [-0.2, 0) is 40.2 Å². The van der Waals surface area contributed by atoms with Crippen molar-refractivity contribution >= 4 is 103 Å². The molecular formula is C134H111F2Ir2N6O2Si-3. The summed E-state index contributed by atoms with van der Waals surface area (Å²) in [5.41, 5.74) is 32.0. The van der Waals surface area contributed by atoms with Crippen molar-refractivity contribution in [3.63, 3.8) is 0 Å². The number of halogens is 2. The number of aromatic nitrogens is 6. The van der Waals surface area contributed by atoms with E-state index in [0.29, 0.717) is 5.56 Å². The Morgan fingerprint density at radius 3 is 1.23 bits per heavy atom. The van der Waals surface area contributed by atoms with Crippen LogP contribution in [0.3, 0.4) is 0 Å². The molecule has 17 aromatic carbocycles. The van der Waals surface area contributed by atoms with Gasteiger partial charge in [0, 0.05) is 99.7 Å². The quantitative estimate of drug-likeness (QED) is 0.0184. The third-order valence-electron chi connectivity index (χ3n) is 24.8. The Morgan fingerprint density at radius 2 is 0.789 bits per heavy atom. The van der Waals surface area contributed by atoms with Gasteiger partial charge in [0.1, 0.15) is 8.07 Å². The van der Waals surface area contributed by atoms with Crippen molar-refractivity contribution in [3.8, 4) is 28.3 Å². The third kappa shape index (κ3) is 27.7. The Morgan fingerprint density at radius 1 is 0.381 bits per heavy atom. The van der Waals surface area contributed by atoms with E-state index >= 15 is 0 Å². The van der Waals surface area contributed by atoms with Crippen LogP contribution in [0.5, 0.6) is 0 Å². The fraction of sp³-hybridized carbons (Fsp3) is 0.0672. The molecule has 22 rings (SSSR count). The van der Waals surface area contributed by atoms with Crippen LogP contribution < -0.4 is 5.10 Å². The summed E-state index contributed by atoms with van der Waals surface area (Å²) >= 11 is 0. The van der Waals surface area contributed by atoms with E-state index in [4.69, 9.17) is 5.11 Å². The number of pyridine rings is 2. The van der Waals surface area contributed by atoms with Gasteiger partial charge < -0.3 is 20.3 Å². The van der Waals surface area contributed by atoms with Gasteiger partial charge in [0.15, 0.2) is 5.78 Å². The summed E-state index contributed by atoms with van der Waals surface area (Å²) in [7, 11) is -2.03. The van der Waals surface area contributed by atoms with Gasteiger partial charge in [0.05, 0.1) is 5.76 Å². The van der Waals surface area contributed by atoms with Crippen LogP contribution in [0, 0.1) is 65.3 Å². The molecule has 0 bridgehead atoms. The zero-order valence-electron chi connectivity index (χ0n) is 83.4. The van der Waals surface area contributed by atoms with Gasteiger partial charge >= 0.3 is 0 Å². The molecule has 2 radical (unpaired) electrons. The SMILES string of the molecule is CC(O)=CC(=O)c1ccc(C)cc1.Cc1ccc(/C=C/c2c3ccccc3c(/C=C/c3ccccc3)c3ccccc23)cc1.Cc1ccc(C(=C(c2ccccc2)c2ccccc2)c2ccccc2)cc1.Cc1ccc(C2=C(c3ccccc3)C(c3ccccc3)=C(c3ccccc3)[Si]2(C)C)cc1.Cc1ccnc(-c2cc(C)n[n-]2)c1.Fc1c[c-]c(-n2cccn2)c(F)c1.[Ir].[Ir].[c-]1ccccc1-c1nccc2ccccc12. The summed E-state index contributed by atoms with van der Waals surface area (Å²) in [5, 5.41) is 31.2. The monoisotopic (exact) mass is 2290 g/mol.